The first kappa shape index (κ1) is 85.4. The lowest BCUT2D eigenvalue weighted by Gasteiger charge is -2.13. The van der Waals surface area contributed by atoms with Crippen LogP contribution in [0.3, 0.4) is 0 Å². The Hall–Kier alpha value is -18.3. The van der Waals surface area contributed by atoms with E-state index < -0.39 is 0 Å². The van der Waals surface area contributed by atoms with Gasteiger partial charge >= 0.3 is 0 Å². The van der Waals surface area contributed by atoms with Crippen LogP contribution in [-0.2, 0) is 0 Å². The van der Waals surface area contributed by atoms with E-state index in [0.29, 0.717) is 52.4 Å². The zero-order valence-electron chi connectivity index (χ0n) is 75.3. The van der Waals surface area contributed by atoms with Gasteiger partial charge in [0.2, 0.25) is 0 Å². The molecular formula is C124H87N13. The summed E-state index contributed by atoms with van der Waals surface area (Å²) in [5.41, 5.74) is 30.9. The maximum atomic E-state index is 5.02. The second-order valence-electron chi connectivity index (χ2n) is 33.8. The fourth-order valence-corrected chi connectivity index (χ4v) is 16.8. The molecule has 23 rings (SSSR count). The summed E-state index contributed by atoms with van der Waals surface area (Å²) >= 11 is 0. The van der Waals surface area contributed by atoms with Crippen molar-refractivity contribution >= 4 is 21.5 Å². The van der Waals surface area contributed by atoms with E-state index in [1.54, 1.807) is 18.6 Å². The van der Waals surface area contributed by atoms with Crippen LogP contribution in [0.25, 0.3) is 225 Å². The molecule has 0 aliphatic carbocycles. The van der Waals surface area contributed by atoms with Gasteiger partial charge in [-0.15, -0.1) is 0 Å². The van der Waals surface area contributed by atoms with Gasteiger partial charge in [0, 0.05) is 103 Å². The second kappa shape index (κ2) is 39.4. The number of hydrogen-bond donors (Lipinski definition) is 0. The summed E-state index contributed by atoms with van der Waals surface area (Å²) in [7, 11) is 0. The van der Waals surface area contributed by atoms with Gasteiger partial charge in [-0.1, -0.05) is 381 Å². The minimum absolute atomic E-state index is 0.619. The van der Waals surface area contributed by atoms with Crippen LogP contribution in [-0.4, -0.2) is 64.8 Å². The van der Waals surface area contributed by atoms with Gasteiger partial charge in [-0.3, -0.25) is 19.9 Å². The zero-order chi connectivity index (χ0) is 92.2. The third-order valence-electron chi connectivity index (χ3n) is 24.2. The number of aromatic nitrogens is 13. The van der Waals surface area contributed by atoms with Gasteiger partial charge in [0.15, 0.2) is 52.4 Å². The van der Waals surface area contributed by atoms with Crippen molar-refractivity contribution in [3.8, 4) is 203 Å². The Morgan fingerprint density at radius 3 is 0.620 bits per heavy atom. The largest absolute Gasteiger partial charge is 0.261 e. The molecule has 23 aromatic rings. The molecule has 0 N–H and O–H groups in total. The normalized spacial score (nSPS) is 11.0. The zero-order valence-corrected chi connectivity index (χ0v) is 75.3. The van der Waals surface area contributed by atoms with Crippen LogP contribution in [0.15, 0.2) is 474 Å². The Kier molecular flexibility index (Phi) is 24.6. The molecule has 0 atom stereocenters. The van der Waals surface area contributed by atoms with Gasteiger partial charge in [0.1, 0.15) is 0 Å². The van der Waals surface area contributed by atoms with Crippen LogP contribution < -0.4 is 0 Å². The van der Waals surface area contributed by atoms with Crippen molar-refractivity contribution < 1.29 is 0 Å². The monoisotopic (exact) mass is 1760 g/mol. The fraction of sp³-hybridized carbons (Fsp3) is 0.0242. The minimum atomic E-state index is 0.619. The van der Waals surface area contributed by atoms with Crippen molar-refractivity contribution in [3.63, 3.8) is 0 Å². The molecule has 137 heavy (non-hydrogen) atoms. The predicted molar refractivity (Wildman–Crippen MR) is 558 cm³/mol. The highest BCUT2D eigenvalue weighted by Crippen LogP contribution is 2.41. The Morgan fingerprint density at radius 2 is 0.358 bits per heavy atom. The molecule has 0 aliphatic heterocycles. The third kappa shape index (κ3) is 19.8. The van der Waals surface area contributed by atoms with Crippen molar-refractivity contribution in [1.29, 1.82) is 0 Å². The van der Waals surface area contributed by atoms with Crippen molar-refractivity contribution in [2.75, 3.05) is 0 Å². The first-order valence-electron chi connectivity index (χ1n) is 45.6. The molecule has 0 bridgehead atoms. The van der Waals surface area contributed by atoms with Crippen molar-refractivity contribution in [2.24, 2.45) is 0 Å². The molecule has 13 nitrogen and oxygen atoms in total. The molecule has 0 unspecified atom stereocenters. The maximum Gasteiger partial charge on any atom is 0.164 e. The Balaban J connectivity index is 0.000000123. The summed E-state index contributed by atoms with van der Waals surface area (Å²) in [6.07, 6.45) is 9.09. The number of aryl methyl sites for hydroxylation is 3. The van der Waals surface area contributed by atoms with Gasteiger partial charge in [0.05, 0.1) is 23.3 Å². The first-order chi connectivity index (χ1) is 67.5. The number of benzene rings is 17. The predicted octanol–water partition coefficient (Wildman–Crippen LogP) is 30.4. The van der Waals surface area contributed by atoms with Crippen LogP contribution in [0, 0.1) is 20.8 Å². The summed E-state index contributed by atoms with van der Waals surface area (Å²) < 4.78 is 0. The SMILES string of the molecule is Cc1ccc(-c2cc(-c3ccc(-c4ccc5ccccc5c4)nc3)cc(-c3nc(-c4ccccc4)nc(-c4ccccc4)n3)c2)cc1.Cc1ccc(-c2cc(-c3ccc(-c4ccc5ccccc5c4)nc3)cc(-c3nc(-c4ccccc4)nc(-c4ccccc4)n3)c2)cc1.Cc1ccc(-c2cc(-c3ccc(-c4cnccn4)cc3)cc(-c3nc(-c4ccccc4)nc(-c4ccccc4)n3)c2)cc1. The quantitative estimate of drug-likeness (QED) is 0.0797. The van der Waals surface area contributed by atoms with Gasteiger partial charge in [0.25, 0.3) is 0 Å². The third-order valence-corrected chi connectivity index (χ3v) is 24.2. The van der Waals surface area contributed by atoms with E-state index in [1.165, 1.54) is 38.2 Å². The van der Waals surface area contributed by atoms with E-state index in [0.717, 1.165) is 151 Å². The molecule has 0 saturated heterocycles. The number of rotatable bonds is 18. The highest BCUT2D eigenvalue weighted by Gasteiger charge is 2.21. The molecule has 6 aromatic heterocycles. The molecule has 0 fully saturated rings. The first-order valence-corrected chi connectivity index (χ1v) is 45.6. The molecule has 0 radical (unpaired) electrons. The van der Waals surface area contributed by atoms with Crippen molar-refractivity contribution in [1.82, 2.24) is 64.8 Å². The molecule has 6 heterocycles. The molecule has 17 aromatic carbocycles. The lowest BCUT2D eigenvalue weighted by molar-refractivity contribution is 1.07. The van der Waals surface area contributed by atoms with E-state index in [1.807, 2.05) is 194 Å². The van der Waals surface area contributed by atoms with E-state index in [9.17, 15) is 0 Å². The summed E-state index contributed by atoms with van der Waals surface area (Å²) in [6.45, 7) is 6.32. The number of fused-ring (bicyclic) bond motifs is 2. The van der Waals surface area contributed by atoms with E-state index >= 15 is 0 Å². The second-order valence-corrected chi connectivity index (χ2v) is 33.8. The topological polar surface area (TPSA) is 168 Å². The van der Waals surface area contributed by atoms with E-state index in [2.05, 4.69) is 292 Å². The molecule has 0 spiro atoms. The highest BCUT2D eigenvalue weighted by atomic mass is 15.1. The van der Waals surface area contributed by atoms with Crippen LogP contribution in [0.2, 0.25) is 0 Å². The number of pyridine rings is 2. The summed E-state index contributed by atoms with van der Waals surface area (Å²) in [5.74, 6) is 5.69. The van der Waals surface area contributed by atoms with Crippen LogP contribution in [0.1, 0.15) is 16.7 Å². The van der Waals surface area contributed by atoms with Crippen molar-refractivity contribution in [2.45, 2.75) is 20.8 Å². The number of nitrogens with zero attached hydrogens (tertiary/aromatic N) is 13. The van der Waals surface area contributed by atoms with Gasteiger partial charge in [-0.25, -0.2) is 44.9 Å². The van der Waals surface area contributed by atoms with Gasteiger partial charge in [-0.2, -0.15) is 0 Å². The van der Waals surface area contributed by atoms with Gasteiger partial charge in [-0.05, 0) is 177 Å². The molecule has 0 amide bonds. The molecule has 0 aliphatic rings. The molecular weight excluding hydrogens is 1670 g/mol. The van der Waals surface area contributed by atoms with Crippen LogP contribution >= 0.6 is 0 Å². The minimum Gasteiger partial charge on any atom is -0.261 e. The Labute approximate surface area is 795 Å². The standard InChI is InChI=1S/2C43H30N4.C38H27N5/c2*1-29-16-18-31(19-17-29)37-25-38(36-22-23-40(44-28-36)35-21-20-30-10-8-9-15-34(30)24-35)27-39(26-37)43-46-41(32-11-4-2-5-12-32)45-42(47-43)33-13-6-3-7-14-33;1-26-12-14-27(15-13-26)32-22-33(28-16-18-29(19-17-28)35-25-39-20-21-40-35)24-34(23-32)38-42-36(30-8-4-2-5-9-30)41-37(43-38)31-10-6-3-7-11-31/h2*2-28H,1H3;2-25H,1H3. The average Bonchev–Trinajstić information content (AvgIpc) is 0.786. The van der Waals surface area contributed by atoms with Crippen LogP contribution in [0.5, 0.6) is 0 Å². The lowest BCUT2D eigenvalue weighted by atomic mass is 9.94. The van der Waals surface area contributed by atoms with Gasteiger partial charge < -0.3 is 0 Å². The molecule has 0 saturated carbocycles. The molecule has 648 valence electrons. The summed E-state index contributed by atoms with van der Waals surface area (Å²) in [5, 5.41) is 4.84. The van der Waals surface area contributed by atoms with E-state index in [4.69, 9.17) is 54.8 Å². The highest BCUT2D eigenvalue weighted by molar-refractivity contribution is 5.91. The summed E-state index contributed by atoms with van der Waals surface area (Å²) in [4.78, 5) is 63.3. The maximum absolute atomic E-state index is 5.02. The van der Waals surface area contributed by atoms with Crippen LogP contribution in [0.4, 0.5) is 0 Å². The smallest absolute Gasteiger partial charge is 0.164 e. The lowest BCUT2D eigenvalue weighted by Crippen LogP contribution is -2.00. The average molecular weight is 1760 g/mol. The van der Waals surface area contributed by atoms with Crippen molar-refractivity contribution in [3.05, 3.63) is 491 Å². The Bertz CT molecular complexity index is 7680. The van der Waals surface area contributed by atoms with E-state index in [-0.39, 0.29) is 0 Å². The Morgan fingerprint density at radius 1 is 0.131 bits per heavy atom. The summed E-state index contributed by atoms with van der Waals surface area (Å²) in [6, 6.07) is 153. The molecule has 13 heteroatoms. The number of hydrogen-bond acceptors (Lipinski definition) is 13. The fourth-order valence-electron chi connectivity index (χ4n) is 16.8.